The zero-order valence-electron chi connectivity index (χ0n) is 32.0. The molecule has 0 bridgehead atoms. The molecule has 0 spiro atoms. The molecule has 3 atom stereocenters. The Hall–Kier alpha value is -3.91. The SMILES string of the molecule is CC.CC1=CN2C(=NC(C)C2c2cnn(CC(=O)Nc3ccc(CN4CCNCC4)cc3)c2)C(=NCc2ccns2)N1.CCN1CCCCC(C)C1. The third kappa shape index (κ3) is 11.0. The third-order valence-corrected chi connectivity index (χ3v) is 10.4. The van der Waals surface area contributed by atoms with E-state index < -0.39 is 0 Å². The molecule has 7 rings (SSSR count). The van der Waals surface area contributed by atoms with Gasteiger partial charge in [-0.1, -0.05) is 46.2 Å². The summed E-state index contributed by atoms with van der Waals surface area (Å²) in [7, 11) is 0. The lowest BCUT2D eigenvalue weighted by Crippen LogP contribution is -2.44. The number of nitrogens with one attached hydrogen (secondary N) is 3. The quantitative estimate of drug-likeness (QED) is 0.255. The van der Waals surface area contributed by atoms with Gasteiger partial charge in [0.25, 0.3) is 0 Å². The van der Waals surface area contributed by atoms with E-state index >= 15 is 0 Å². The number of carbonyl (C=O) groups excluding carboxylic acids is 1. The fraction of sp³-hybridized carbons (Fsp3) is 0.564. The van der Waals surface area contributed by atoms with Gasteiger partial charge in [-0.25, -0.2) is 4.37 Å². The highest BCUT2D eigenvalue weighted by molar-refractivity contribution is 7.05. The van der Waals surface area contributed by atoms with E-state index in [0.717, 1.165) is 72.1 Å². The molecule has 3 unspecified atom stereocenters. The van der Waals surface area contributed by atoms with Gasteiger partial charge in [0, 0.05) is 79.7 Å². The Morgan fingerprint density at radius 1 is 1.06 bits per heavy atom. The van der Waals surface area contributed by atoms with Crippen LogP contribution in [0.25, 0.3) is 0 Å². The van der Waals surface area contributed by atoms with Crippen molar-refractivity contribution in [3.05, 3.63) is 76.8 Å². The number of aromatic nitrogens is 3. The Morgan fingerprint density at radius 3 is 2.58 bits per heavy atom. The number of carbonyl (C=O) groups is 1. The maximum Gasteiger partial charge on any atom is 0.246 e. The molecular weight excluding hydrogens is 671 g/mol. The van der Waals surface area contributed by atoms with Crippen molar-refractivity contribution in [3.63, 3.8) is 0 Å². The molecule has 13 heteroatoms. The highest BCUT2D eigenvalue weighted by atomic mass is 32.1. The predicted molar refractivity (Wildman–Crippen MR) is 214 cm³/mol. The molecule has 52 heavy (non-hydrogen) atoms. The predicted octanol–water partition coefficient (Wildman–Crippen LogP) is 5.74. The van der Waals surface area contributed by atoms with Gasteiger partial charge in [0.2, 0.25) is 5.91 Å². The summed E-state index contributed by atoms with van der Waals surface area (Å²) < 4.78 is 5.85. The molecule has 2 fully saturated rings. The number of nitrogens with zero attached hydrogens (tertiary/aromatic N) is 8. The molecule has 2 saturated heterocycles. The number of hydrogen-bond donors (Lipinski definition) is 3. The maximum absolute atomic E-state index is 12.8. The number of aliphatic imine (C=N–C) groups is 2. The lowest BCUT2D eigenvalue weighted by Gasteiger charge is -2.30. The Labute approximate surface area is 314 Å². The van der Waals surface area contributed by atoms with Gasteiger partial charge in [-0.05, 0) is 81.0 Å². The van der Waals surface area contributed by atoms with Gasteiger partial charge in [0.05, 0.1) is 24.8 Å². The van der Waals surface area contributed by atoms with Gasteiger partial charge in [0.15, 0.2) is 11.7 Å². The van der Waals surface area contributed by atoms with E-state index in [1.165, 1.54) is 56.0 Å². The van der Waals surface area contributed by atoms with E-state index in [4.69, 9.17) is 9.98 Å². The summed E-state index contributed by atoms with van der Waals surface area (Å²) in [6, 6.07) is 10.1. The summed E-state index contributed by atoms with van der Waals surface area (Å²) in [5.41, 5.74) is 4.03. The minimum Gasteiger partial charge on any atom is -0.340 e. The molecule has 3 aromatic rings. The first-order valence-electron chi connectivity index (χ1n) is 19.2. The van der Waals surface area contributed by atoms with Crippen LogP contribution in [0.5, 0.6) is 0 Å². The van der Waals surface area contributed by atoms with E-state index in [-0.39, 0.29) is 24.5 Å². The zero-order chi connectivity index (χ0) is 36.9. The molecule has 12 nitrogen and oxygen atoms in total. The normalized spacial score (nSPS) is 22.8. The Kier molecular flexibility index (Phi) is 15.0. The van der Waals surface area contributed by atoms with Crippen molar-refractivity contribution in [2.24, 2.45) is 15.9 Å². The minimum atomic E-state index is -0.115. The van der Waals surface area contributed by atoms with Crippen LogP contribution >= 0.6 is 11.5 Å². The standard InChI is InChI=1S/C28H34N10OS.C9H19N.C2H6/c1-19-15-38-26(20(2)34-28(38)27(33-19)30-14-24-7-8-32-40-24)22-13-31-37(17-22)18-25(39)35-23-5-3-21(4-6-23)16-36-11-9-29-10-12-36;1-3-10-7-5-4-6-9(2)8-10;1-2/h3-8,13,15,17,20,26,29H,9-12,14,16,18H2,1-2H3,(H,30,33)(H,35,39);9H,3-8H2,1-2H3;1-2H3. The molecule has 3 N–H and O–H groups in total. The molecule has 4 aliphatic rings. The number of benzene rings is 1. The Morgan fingerprint density at radius 2 is 1.85 bits per heavy atom. The number of piperazine rings is 1. The molecule has 1 aromatic carbocycles. The molecule has 6 heterocycles. The van der Waals surface area contributed by atoms with E-state index in [1.54, 1.807) is 10.9 Å². The number of anilines is 1. The molecule has 1 amide bonds. The summed E-state index contributed by atoms with van der Waals surface area (Å²) in [5, 5.41) is 14.2. The smallest absolute Gasteiger partial charge is 0.246 e. The van der Waals surface area contributed by atoms with Crippen molar-refractivity contribution in [1.29, 1.82) is 0 Å². The van der Waals surface area contributed by atoms with Crippen LogP contribution in [-0.2, 0) is 24.4 Å². The van der Waals surface area contributed by atoms with Crippen LogP contribution in [0.2, 0.25) is 0 Å². The van der Waals surface area contributed by atoms with Crippen molar-refractivity contribution < 1.29 is 4.79 Å². The second-order valence-corrected chi connectivity index (χ2v) is 14.8. The molecule has 2 aromatic heterocycles. The Balaban J connectivity index is 0.000000374. The summed E-state index contributed by atoms with van der Waals surface area (Å²) in [6.45, 7) is 22.5. The van der Waals surface area contributed by atoms with Crippen molar-refractivity contribution in [2.75, 3.05) is 51.1 Å². The van der Waals surface area contributed by atoms with Gasteiger partial charge in [-0.15, -0.1) is 0 Å². The van der Waals surface area contributed by atoms with Crippen molar-refractivity contribution in [2.45, 2.75) is 92.5 Å². The maximum atomic E-state index is 12.8. The average molecular weight is 730 g/mol. The molecule has 282 valence electrons. The number of hydrogen-bond acceptors (Lipinski definition) is 10. The minimum absolute atomic E-state index is 0.00116. The fourth-order valence-corrected chi connectivity index (χ4v) is 7.56. The second kappa shape index (κ2) is 19.8. The van der Waals surface area contributed by atoms with Crippen molar-refractivity contribution in [3.8, 4) is 0 Å². The highest BCUT2D eigenvalue weighted by Crippen LogP contribution is 2.34. The van der Waals surface area contributed by atoms with Crippen molar-refractivity contribution in [1.82, 2.24) is 39.5 Å². The first-order valence-corrected chi connectivity index (χ1v) is 19.9. The van der Waals surface area contributed by atoms with Crippen LogP contribution in [0.15, 0.2) is 70.8 Å². The molecular formula is C39H59N11OS. The van der Waals surface area contributed by atoms with Crippen LogP contribution < -0.4 is 16.0 Å². The second-order valence-electron chi connectivity index (χ2n) is 13.9. The van der Waals surface area contributed by atoms with Gasteiger partial charge in [-0.3, -0.25) is 24.4 Å². The van der Waals surface area contributed by atoms with Gasteiger partial charge in [-0.2, -0.15) is 5.10 Å². The monoisotopic (exact) mass is 729 g/mol. The number of amidine groups is 2. The van der Waals surface area contributed by atoms with E-state index in [1.807, 2.05) is 51.4 Å². The summed E-state index contributed by atoms with van der Waals surface area (Å²) >= 11 is 1.45. The summed E-state index contributed by atoms with van der Waals surface area (Å²) in [6.07, 6.45) is 11.9. The highest BCUT2D eigenvalue weighted by Gasteiger charge is 2.39. The molecule has 0 radical (unpaired) electrons. The van der Waals surface area contributed by atoms with Gasteiger partial charge in [0.1, 0.15) is 6.54 Å². The fourth-order valence-electron chi connectivity index (χ4n) is 7.06. The van der Waals surface area contributed by atoms with Crippen LogP contribution in [-0.4, -0.2) is 98.3 Å². The van der Waals surface area contributed by atoms with Crippen LogP contribution in [0.3, 0.4) is 0 Å². The first-order chi connectivity index (χ1) is 25.3. The summed E-state index contributed by atoms with van der Waals surface area (Å²) in [4.78, 5) is 30.8. The van der Waals surface area contributed by atoms with Crippen molar-refractivity contribution >= 4 is 34.8 Å². The van der Waals surface area contributed by atoms with E-state index in [0.29, 0.717) is 6.54 Å². The van der Waals surface area contributed by atoms with E-state index in [2.05, 4.69) is 79.2 Å². The van der Waals surface area contributed by atoms with Crippen LogP contribution in [0, 0.1) is 5.92 Å². The Bertz CT molecular complexity index is 1630. The molecule has 4 aliphatic heterocycles. The van der Waals surface area contributed by atoms with Gasteiger partial charge >= 0.3 is 0 Å². The number of rotatable bonds is 9. The topological polar surface area (TPSA) is 118 Å². The number of amides is 1. The largest absolute Gasteiger partial charge is 0.340 e. The lowest BCUT2D eigenvalue weighted by molar-refractivity contribution is -0.116. The zero-order valence-corrected chi connectivity index (χ0v) is 32.8. The van der Waals surface area contributed by atoms with Crippen LogP contribution in [0.4, 0.5) is 5.69 Å². The number of allylic oxidation sites excluding steroid dienone is 1. The van der Waals surface area contributed by atoms with Gasteiger partial charge < -0.3 is 25.8 Å². The average Bonchev–Trinajstić information content (AvgIpc) is 3.88. The number of likely N-dealkylation sites (tertiary alicyclic amines) is 1. The lowest BCUT2D eigenvalue weighted by atomic mass is 10.0. The first kappa shape index (κ1) is 39.3. The van der Waals surface area contributed by atoms with E-state index in [9.17, 15) is 4.79 Å². The van der Waals surface area contributed by atoms with Crippen LogP contribution in [0.1, 0.15) is 82.9 Å². The third-order valence-electron chi connectivity index (χ3n) is 9.66. The molecule has 0 aliphatic carbocycles. The number of fused-ring (bicyclic) bond motifs is 1. The summed E-state index contributed by atoms with van der Waals surface area (Å²) in [5.74, 6) is 2.39. The molecule has 0 saturated carbocycles.